The van der Waals surface area contributed by atoms with Crippen molar-refractivity contribution in [3.63, 3.8) is 0 Å². The van der Waals surface area contributed by atoms with Gasteiger partial charge in [-0.25, -0.2) is 0 Å². The molecule has 190 valence electrons. The molecule has 0 spiro atoms. The summed E-state index contributed by atoms with van der Waals surface area (Å²) in [6, 6.07) is 18.8. The number of amides is 1. The van der Waals surface area contributed by atoms with Crippen LogP contribution in [0.15, 0.2) is 60.7 Å². The van der Waals surface area contributed by atoms with Crippen molar-refractivity contribution in [2.45, 2.75) is 32.9 Å². The van der Waals surface area contributed by atoms with E-state index in [1.54, 1.807) is 26.4 Å². The topological polar surface area (TPSA) is 75.3 Å². The fourth-order valence-electron chi connectivity index (χ4n) is 4.12. The van der Waals surface area contributed by atoms with Crippen molar-refractivity contribution >= 4 is 5.91 Å². The second kappa shape index (κ2) is 11.7. The van der Waals surface area contributed by atoms with Crippen molar-refractivity contribution in [1.29, 1.82) is 0 Å². The van der Waals surface area contributed by atoms with Crippen LogP contribution in [0.1, 0.15) is 47.8 Å². The lowest BCUT2D eigenvalue weighted by molar-refractivity contribution is 0.0924. The Morgan fingerprint density at radius 2 is 1.58 bits per heavy atom. The molecule has 1 aliphatic rings. The molecule has 1 N–H and O–H groups in total. The van der Waals surface area contributed by atoms with E-state index in [2.05, 4.69) is 19.2 Å². The molecule has 1 unspecified atom stereocenters. The number of hydrogen-bond donors (Lipinski definition) is 1. The van der Waals surface area contributed by atoms with Gasteiger partial charge < -0.3 is 29.0 Å². The molecule has 0 fully saturated rings. The fourth-order valence-corrected chi connectivity index (χ4v) is 4.12. The van der Waals surface area contributed by atoms with Gasteiger partial charge in [0.25, 0.3) is 5.91 Å². The van der Waals surface area contributed by atoms with Gasteiger partial charge in [0.15, 0.2) is 23.0 Å². The molecule has 0 aromatic heterocycles. The van der Waals surface area contributed by atoms with Crippen molar-refractivity contribution in [3.8, 4) is 28.7 Å². The van der Waals surface area contributed by atoms with Crippen LogP contribution >= 0.6 is 0 Å². The van der Waals surface area contributed by atoms with Crippen molar-refractivity contribution in [3.05, 3.63) is 77.4 Å². The maximum absolute atomic E-state index is 13.4. The first kappa shape index (κ1) is 25.2. The molecule has 1 atom stereocenters. The van der Waals surface area contributed by atoms with Crippen LogP contribution in [-0.2, 0) is 6.61 Å². The Morgan fingerprint density at radius 3 is 2.22 bits per heavy atom. The highest BCUT2D eigenvalue weighted by Gasteiger charge is 2.24. The van der Waals surface area contributed by atoms with Gasteiger partial charge in [-0.15, -0.1) is 0 Å². The lowest BCUT2D eigenvalue weighted by Gasteiger charge is -2.24. The average Bonchev–Trinajstić information content (AvgIpc) is 3.15. The SMILES string of the molecule is COc1cc(C(=O)NC(c2ccc3c(c2)OCCCO3)C(C)C)cc(OC)c1OCc1ccccc1. The number of benzene rings is 3. The summed E-state index contributed by atoms with van der Waals surface area (Å²) in [5, 5.41) is 3.16. The predicted molar refractivity (Wildman–Crippen MR) is 137 cm³/mol. The summed E-state index contributed by atoms with van der Waals surface area (Å²) >= 11 is 0. The number of rotatable bonds is 9. The second-order valence-electron chi connectivity index (χ2n) is 8.94. The van der Waals surface area contributed by atoms with Gasteiger partial charge in [0, 0.05) is 12.0 Å². The standard InChI is InChI=1S/C29H33NO6/c1-19(2)27(21-11-12-23-24(15-21)35-14-8-13-34-23)30-29(31)22-16-25(32-3)28(26(17-22)33-4)36-18-20-9-6-5-7-10-20/h5-7,9-12,15-17,19,27H,8,13-14,18H2,1-4H3,(H,30,31). The molecule has 0 bridgehead atoms. The zero-order valence-electron chi connectivity index (χ0n) is 21.2. The van der Waals surface area contributed by atoms with E-state index in [0.29, 0.717) is 48.4 Å². The van der Waals surface area contributed by atoms with E-state index in [-0.39, 0.29) is 17.9 Å². The van der Waals surface area contributed by atoms with Crippen LogP contribution in [0.2, 0.25) is 0 Å². The molecule has 36 heavy (non-hydrogen) atoms. The largest absolute Gasteiger partial charge is 0.493 e. The monoisotopic (exact) mass is 491 g/mol. The van der Waals surface area contributed by atoms with Gasteiger partial charge in [0.05, 0.1) is 33.5 Å². The first-order chi connectivity index (χ1) is 17.5. The number of hydrogen-bond acceptors (Lipinski definition) is 6. The van der Waals surface area contributed by atoms with Crippen molar-refractivity contribution in [2.75, 3.05) is 27.4 Å². The average molecular weight is 492 g/mol. The van der Waals surface area contributed by atoms with Gasteiger partial charge in [-0.3, -0.25) is 4.79 Å². The lowest BCUT2D eigenvalue weighted by Crippen LogP contribution is -2.31. The Bertz CT molecular complexity index is 1150. The molecular formula is C29H33NO6. The third kappa shape index (κ3) is 5.85. The molecule has 7 nitrogen and oxygen atoms in total. The van der Waals surface area contributed by atoms with Crippen LogP contribution in [0, 0.1) is 5.92 Å². The molecule has 4 rings (SSSR count). The van der Waals surface area contributed by atoms with E-state index < -0.39 is 0 Å². The van der Waals surface area contributed by atoms with E-state index in [9.17, 15) is 4.79 Å². The van der Waals surface area contributed by atoms with E-state index in [4.69, 9.17) is 23.7 Å². The van der Waals surface area contributed by atoms with E-state index >= 15 is 0 Å². The highest BCUT2D eigenvalue weighted by atomic mass is 16.5. The minimum atomic E-state index is -0.243. The summed E-state index contributed by atoms with van der Waals surface area (Å²) < 4.78 is 28.7. The van der Waals surface area contributed by atoms with Crippen molar-refractivity contribution in [2.24, 2.45) is 5.92 Å². The Kier molecular flexibility index (Phi) is 8.21. The first-order valence-corrected chi connectivity index (χ1v) is 12.1. The van der Waals surface area contributed by atoms with Crippen LogP contribution in [0.3, 0.4) is 0 Å². The molecule has 3 aromatic carbocycles. The number of fused-ring (bicyclic) bond motifs is 1. The highest BCUT2D eigenvalue weighted by Crippen LogP contribution is 2.40. The van der Waals surface area contributed by atoms with E-state index in [0.717, 1.165) is 23.3 Å². The van der Waals surface area contributed by atoms with Crippen LogP contribution in [0.5, 0.6) is 28.7 Å². The first-order valence-electron chi connectivity index (χ1n) is 12.1. The molecule has 0 radical (unpaired) electrons. The number of carbonyl (C=O) groups excluding carboxylic acids is 1. The van der Waals surface area contributed by atoms with Crippen LogP contribution in [-0.4, -0.2) is 33.3 Å². The maximum atomic E-state index is 13.4. The molecule has 7 heteroatoms. The fraction of sp³-hybridized carbons (Fsp3) is 0.345. The third-order valence-corrected chi connectivity index (χ3v) is 6.03. The molecule has 3 aromatic rings. The normalized spacial score (nSPS) is 13.5. The Labute approximate surface area is 212 Å². The third-order valence-electron chi connectivity index (χ3n) is 6.03. The zero-order valence-corrected chi connectivity index (χ0v) is 21.2. The van der Waals surface area contributed by atoms with E-state index in [1.807, 2.05) is 48.5 Å². The Hall–Kier alpha value is -3.87. The summed E-state index contributed by atoms with van der Waals surface area (Å²) in [6.45, 7) is 5.71. The van der Waals surface area contributed by atoms with Gasteiger partial charge >= 0.3 is 0 Å². The zero-order chi connectivity index (χ0) is 25.5. The summed E-state index contributed by atoms with van der Waals surface area (Å²) in [5.41, 5.74) is 2.37. The molecule has 1 heterocycles. The van der Waals surface area contributed by atoms with Crippen molar-refractivity contribution in [1.82, 2.24) is 5.32 Å². The smallest absolute Gasteiger partial charge is 0.252 e. The molecule has 1 aliphatic heterocycles. The molecule has 0 aliphatic carbocycles. The number of carbonyl (C=O) groups is 1. The summed E-state index contributed by atoms with van der Waals surface area (Å²) in [4.78, 5) is 13.4. The predicted octanol–water partition coefficient (Wildman–Crippen LogP) is 5.57. The van der Waals surface area contributed by atoms with Crippen molar-refractivity contribution < 1.29 is 28.5 Å². The molecule has 1 amide bonds. The summed E-state index contributed by atoms with van der Waals surface area (Å²) in [5.74, 6) is 2.62. The Balaban J connectivity index is 1.56. The van der Waals surface area contributed by atoms with E-state index in [1.165, 1.54) is 0 Å². The second-order valence-corrected chi connectivity index (χ2v) is 8.94. The van der Waals surface area contributed by atoms with Crippen LogP contribution in [0.25, 0.3) is 0 Å². The summed E-state index contributed by atoms with van der Waals surface area (Å²) in [7, 11) is 3.08. The number of methoxy groups -OCH3 is 2. The highest BCUT2D eigenvalue weighted by molar-refractivity contribution is 5.96. The molecule has 0 saturated heterocycles. The van der Waals surface area contributed by atoms with Gasteiger partial charge in [0.2, 0.25) is 5.75 Å². The van der Waals surface area contributed by atoms with Gasteiger partial charge in [-0.05, 0) is 41.3 Å². The minimum Gasteiger partial charge on any atom is -0.493 e. The van der Waals surface area contributed by atoms with Crippen LogP contribution in [0.4, 0.5) is 0 Å². The van der Waals surface area contributed by atoms with Gasteiger partial charge in [-0.2, -0.15) is 0 Å². The Morgan fingerprint density at radius 1 is 0.917 bits per heavy atom. The van der Waals surface area contributed by atoms with Gasteiger partial charge in [0.1, 0.15) is 6.61 Å². The van der Waals surface area contributed by atoms with Gasteiger partial charge in [-0.1, -0.05) is 50.2 Å². The number of nitrogens with one attached hydrogen (secondary N) is 1. The molecular weight excluding hydrogens is 458 g/mol. The van der Waals surface area contributed by atoms with Crippen LogP contribution < -0.4 is 29.0 Å². The summed E-state index contributed by atoms with van der Waals surface area (Å²) in [6.07, 6.45) is 0.836. The number of ether oxygens (including phenoxy) is 5. The lowest BCUT2D eigenvalue weighted by atomic mass is 9.95. The maximum Gasteiger partial charge on any atom is 0.252 e. The minimum absolute atomic E-state index is 0.135. The molecule has 0 saturated carbocycles. The quantitative estimate of drug-likeness (QED) is 0.422.